The molecule has 1 atom stereocenters. The number of sulfonamides is 1. The number of hydrogen-bond donors (Lipinski definition) is 2. The predicted molar refractivity (Wildman–Crippen MR) is 53.5 cm³/mol. The van der Waals surface area contributed by atoms with E-state index < -0.39 is 22.2 Å². The molecule has 1 aliphatic rings. The molecule has 0 spiro atoms. The van der Waals surface area contributed by atoms with E-state index in [1.165, 1.54) is 0 Å². The zero-order valence-electron chi connectivity index (χ0n) is 8.84. The van der Waals surface area contributed by atoms with Crippen molar-refractivity contribution in [2.24, 2.45) is 0 Å². The second-order valence-corrected chi connectivity index (χ2v) is 5.82. The van der Waals surface area contributed by atoms with Crippen molar-refractivity contribution in [3.8, 4) is 0 Å². The highest BCUT2D eigenvalue weighted by Gasteiger charge is 2.41. The average molecular weight is 260 g/mol. The van der Waals surface area contributed by atoms with Gasteiger partial charge in [-0.1, -0.05) is 0 Å². The Kier molecular flexibility index (Phi) is 4.19. The lowest BCUT2D eigenvalue weighted by Gasteiger charge is -2.21. The SMILES string of the molecule is CS(=O)(=O)NCCC(NC1CC1)C(F)(F)F. The van der Waals surface area contributed by atoms with Crippen LogP contribution in [0.4, 0.5) is 13.2 Å². The molecule has 0 saturated heterocycles. The quantitative estimate of drug-likeness (QED) is 0.735. The number of hydrogen-bond acceptors (Lipinski definition) is 3. The molecule has 0 aliphatic heterocycles. The molecule has 8 heteroatoms. The van der Waals surface area contributed by atoms with Crippen LogP contribution in [0.1, 0.15) is 19.3 Å². The van der Waals surface area contributed by atoms with Crippen LogP contribution in [-0.2, 0) is 10.0 Å². The summed E-state index contributed by atoms with van der Waals surface area (Å²) in [6.07, 6.45) is -2.18. The first kappa shape index (κ1) is 13.7. The largest absolute Gasteiger partial charge is 0.403 e. The smallest absolute Gasteiger partial charge is 0.303 e. The van der Waals surface area contributed by atoms with E-state index in [9.17, 15) is 21.6 Å². The van der Waals surface area contributed by atoms with Gasteiger partial charge in [0.1, 0.15) is 6.04 Å². The zero-order chi connectivity index (χ0) is 12.4. The maximum atomic E-state index is 12.5. The maximum Gasteiger partial charge on any atom is 0.403 e. The van der Waals surface area contributed by atoms with E-state index in [2.05, 4.69) is 10.0 Å². The summed E-state index contributed by atoms with van der Waals surface area (Å²) in [7, 11) is -3.42. The molecule has 0 aromatic rings. The zero-order valence-corrected chi connectivity index (χ0v) is 9.66. The third-order valence-electron chi connectivity index (χ3n) is 2.21. The fourth-order valence-electron chi connectivity index (χ4n) is 1.26. The van der Waals surface area contributed by atoms with E-state index in [0.29, 0.717) is 0 Å². The molecule has 4 nitrogen and oxygen atoms in total. The molecule has 0 aromatic heterocycles. The molecule has 2 N–H and O–H groups in total. The van der Waals surface area contributed by atoms with E-state index in [1.807, 2.05) is 0 Å². The Labute approximate surface area is 92.6 Å². The van der Waals surface area contributed by atoms with Gasteiger partial charge in [-0.3, -0.25) is 0 Å². The van der Waals surface area contributed by atoms with E-state index in [1.54, 1.807) is 0 Å². The highest BCUT2D eigenvalue weighted by molar-refractivity contribution is 7.88. The van der Waals surface area contributed by atoms with Crippen molar-refractivity contribution in [3.63, 3.8) is 0 Å². The Morgan fingerprint density at radius 1 is 1.38 bits per heavy atom. The second-order valence-electron chi connectivity index (χ2n) is 3.99. The van der Waals surface area contributed by atoms with Gasteiger partial charge in [0.25, 0.3) is 0 Å². The van der Waals surface area contributed by atoms with Gasteiger partial charge in [0.05, 0.1) is 6.26 Å². The van der Waals surface area contributed by atoms with Crippen LogP contribution in [0.15, 0.2) is 0 Å². The Balaban J connectivity index is 2.38. The molecule has 1 fully saturated rings. The van der Waals surface area contributed by atoms with Gasteiger partial charge in [-0.05, 0) is 19.3 Å². The van der Waals surface area contributed by atoms with Crippen molar-refractivity contribution < 1.29 is 21.6 Å². The monoisotopic (exact) mass is 260 g/mol. The molecule has 0 aromatic carbocycles. The van der Waals surface area contributed by atoms with Gasteiger partial charge in [0, 0.05) is 12.6 Å². The first-order valence-electron chi connectivity index (χ1n) is 4.96. The summed E-state index contributed by atoms with van der Waals surface area (Å²) in [5.41, 5.74) is 0. The fourth-order valence-corrected chi connectivity index (χ4v) is 1.75. The lowest BCUT2D eigenvalue weighted by molar-refractivity contribution is -0.157. The molecule has 1 unspecified atom stereocenters. The van der Waals surface area contributed by atoms with Crippen molar-refractivity contribution >= 4 is 10.0 Å². The van der Waals surface area contributed by atoms with Crippen LogP contribution in [0.25, 0.3) is 0 Å². The minimum absolute atomic E-state index is 0.0649. The minimum atomic E-state index is -4.33. The van der Waals surface area contributed by atoms with Crippen LogP contribution >= 0.6 is 0 Å². The summed E-state index contributed by atoms with van der Waals surface area (Å²) in [6.45, 7) is -0.206. The third-order valence-corrected chi connectivity index (χ3v) is 2.94. The standard InChI is InChI=1S/C8H15F3N2O2S/c1-16(14,15)12-5-4-7(8(9,10)11)13-6-2-3-6/h6-7,12-13H,2-5H2,1H3. The van der Waals surface area contributed by atoms with Crippen molar-refractivity contribution in [3.05, 3.63) is 0 Å². The van der Waals surface area contributed by atoms with Gasteiger partial charge < -0.3 is 5.32 Å². The molecular formula is C8H15F3N2O2S. The van der Waals surface area contributed by atoms with Crippen LogP contribution in [0.2, 0.25) is 0 Å². The Hall–Kier alpha value is -0.340. The number of nitrogens with one attached hydrogen (secondary N) is 2. The van der Waals surface area contributed by atoms with E-state index >= 15 is 0 Å². The summed E-state index contributed by atoms with van der Waals surface area (Å²) in [6, 6.07) is -1.70. The first-order chi connectivity index (χ1) is 7.18. The van der Waals surface area contributed by atoms with Crippen molar-refractivity contribution in [2.75, 3.05) is 12.8 Å². The topological polar surface area (TPSA) is 58.2 Å². The van der Waals surface area contributed by atoms with Crippen LogP contribution in [-0.4, -0.2) is 39.5 Å². The maximum absolute atomic E-state index is 12.5. The molecule has 0 heterocycles. The van der Waals surface area contributed by atoms with Crippen LogP contribution in [0.3, 0.4) is 0 Å². The van der Waals surface area contributed by atoms with E-state index in [0.717, 1.165) is 19.1 Å². The third kappa shape index (κ3) is 5.66. The highest BCUT2D eigenvalue weighted by atomic mass is 32.2. The Morgan fingerprint density at radius 3 is 2.31 bits per heavy atom. The van der Waals surface area contributed by atoms with Crippen LogP contribution < -0.4 is 10.0 Å². The molecule has 0 amide bonds. The molecule has 16 heavy (non-hydrogen) atoms. The summed E-state index contributed by atoms with van der Waals surface area (Å²) in [4.78, 5) is 0. The van der Waals surface area contributed by atoms with Gasteiger partial charge in [0.2, 0.25) is 10.0 Å². The summed E-state index contributed by atoms with van der Waals surface area (Å²) in [5.74, 6) is 0. The first-order valence-corrected chi connectivity index (χ1v) is 6.85. The van der Waals surface area contributed by atoms with Crippen molar-refractivity contribution in [2.45, 2.75) is 37.5 Å². The Morgan fingerprint density at radius 2 is 1.94 bits per heavy atom. The average Bonchev–Trinajstić information content (AvgIpc) is 2.82. The summed E-state index contributed by atoms with van der Waals surface area (Å²) in [5, 5.41) is 2.46. The predicted octanol–water partition coefficient (Wildman–Crippen LogP) is 0.609. The lowest BCUT2D eigenvalue weighted by Crippen LogP contribution is -2.45. The number of alkyl halides is 3. The van der Waals surface area contributed by atoms with Gasteiger partial charge in [-0.25, -0.2) is 13.1 Å². The molecule has 0 bridgehead atoms. The lowest BCUT2D eigenvalue weighted by atomic mass is 10.2. The normalized spacial score (nSPS) is 19.8. The summed E-state index contributed by atoms with van der Waals surface area (Å²) < 4.78 is 60.9. The molecule has 1 saturated carbocycles. The van der Waals surface area contributed by atoms with Crippen molar-refractivity contribution in [1.29, 1.82) is 0 Å². The molecule has 0 radical (unpaired) electrons. The van der Waals surface area contributed by atoms with Crippen LogP contribution in [0, 0.1) is 0 Å². The van der Waals surface area contributed by atoms with Gasteiger partial charge in [0.15, 0.2) is 0 Å². The molecule has 1 aliphatic carbocycles. The van der Waals surface area contributed by atoms with Crippen molar-refractivity contribution in [1.82, 2.24) is 10.0 Å². The van der Waals surface area contributed by atoms with Gasteiger partial charge in [-0.2, -0.15) is 13.2 Å². The minimum Gasteiger partial charge on any atom is -0.303 e. The van der Waals surface area contributed by atoms with E-state index in [4.69, 9.17) is 0 Å². The number of halogens is 3. The van der Waals surface area contributed by atoms with E-state index in [-0.39, 0.29) is 19.0 Å². The van der Waals surface area contributed by atoms with Gasteiger partial charge in [-0.15, -0.1) is 0 Å². The highest BCUT2D eigenvalue weighted by Crippen LogP contribution is 2.27. The molecule has 1 rings (SSSR count). The Bertz CT molecular complexity index is 325. The fraction of sp³-hybridized carbons (Fsp3) is 1.00. The number of rotatable bonds is 6. The second kappa shape index (κ2) is 4.89. The van der Waals surface area contributed by atoms with Crippen LogP contribution in [0.5, 0.6) is 0 Å². The summed E-state index contributed by atoms with van der Waals surface area (Å²) >= 11 is 0. The molecular weight excluding hydrogens is 245 g/mol. The van der Waals surface area contributed by atoms with Gasteiger partial charge >= 0.3 is 6.18 Å². The molecule has 96 valence electrons.